The van der Waals surface area contributed by atoms with Gasteiger partial charge in [0.1, 0.15) is 0 Å². The van der Waals surface area contributed by atoms with E-state index in [9.17, 15) is 12.9 Å². The van der Waals surface area contributed by atoms with Crippen molar-refractivity contribution >= 4 is 13.1 Å². The Morgan fingerprint density at radius 3 is 2.38 bits per heavy atom. The number of nitrogens with zero attached hydrogens (tertiary/aromatic N) is 1. The minimum Gasteiger partial charge on any atom is -0.445 e. The van der Waals surface area contributed by atoms with Crippen molar-refractivity contribution in [3.05, 3.63) is 35.6 Å². The SMILES string of the molecule is CC(C)c1cccc(/C=C/[B-](F)(F)F)n1.[K+]. The zero-order chi connectivity index (χ0) is 11.5. The first kappa shape index (κ1) is 16.4. The van der Waals surface area contributed by atoms with Gasteiger partial charge in [-0.15, -0.1) is 5.98 Å². The van der Waals surface area contributed by atoms with Gasteiger partial charge in [-0.1, -0.05) is 26.0 Å². The van der Waals surface area contributed by atoms with Crippen LogP contribution >= 0.6 is 0 Å². The van der Waals surface area contributed by atoms with E-state index in [1.165, 1.54) is 0 Å². The zero-order valence-corrected chi connectivity index (χ0v) is 12.7. The van der Waals surface area contributed by atoms with Crippen LogP contribution in [0.5, 0.6) is 0 Å². The topological polar surface area (TPSA) is 12.9 Å². The second kappa shape index (κ2) is 6.96. The molecule has 0 saturated heterocycles. The van der Waals surface area contributed by atoms with E-state index in [-0.39, 0.29) is 63.3 Å². The molecule has 0 aliphatic carbocycles. The molecule has 0 unspecified atom stereocenters. The quantitative estimate of drug-likeness (QED) is 0.719. The average Bonchev–Trinajstić information content (AvgIpc) is 2.14. The summed E-state index contributed by atoms with van der Waals surface area (Å²) >= 11 is 0. The van der Waals surface area contributed by atoms with Crippen molar-refractivity contribution in [1.29, 1.82) is 0 Å². The van der Waals surface area contributed by atoms with Crippen LogP contribution in [0, 0.1) is 0 Å². The molecule has 0 radical (unpaired) electrons. The fraction of sp³-hybridized carbons (Fsp3) is 0.300. The van der Waals surface area contributed by atoms with Gasteiger partial charge in [0, 0.05) is 5.69 Å². The second-order valence-corrected chi connectivity index (χ2v) is 3.63. The number of rotatable bonds is 3. The Morgan fingerprint density at radius 2 is 1.88 bits per heavy atom. The molecule has 0 bridgehead atoms. The van der Waals surface area contributed by atoms with Crippen molar-refractivity contribution in [1.82, 2.24) is 4.98 Å². The summed E-state index contributed by atoms with van der Waals surface area (Å²) in [6.07, 6.45) is 1.01. The fourth-order valence-electron chi connectivity index (χ4n) is 1.09. The van der Waals surface area contributed by atoms with Crippen LogP contribution in [0.3, 0.4) is 0 Å². The summed E-state index contributed by atoms with van der Waals surface area (Å²) in [7, 11) is 0. The number of halogens is 3. The first-order valence-corrected chi connectivity index (χ1v) is 4.74. The van der Waals surface area contributed by atoms with Crippen LogP contribution < -0.4 is 51.4 Å². The predicted molar refractivity (Wildman–Crippen MR) is 56.4 cm³/mol. The second-order valence-electron chi connectivity index (χ2n) is 3.63. The van der Waals surface area contributed by atoms with Gasteiger partial charge in [-0.05, 0) is 18.1 Å². The molecule has 16 heavy (non-hydrogen) atoms. The van der Waals surface area contributed by atoms with E-state index in [1.807, 2.05) is 13.8 Å². The predicted octanol–water partition coefficient (Wildman–Crippen LogP) is 0.609. The number of hydrogen-bond acceptors (Lipinski definition) is 1. The molecule has 1 nitrogen and oxygen atoms in total. The monoisotopic (exact) mass is 253 g/mol. The van der Waals surface area contributed by atoms with Gasteiger partial charge in [0.25, 0.3) is 0 Å². The molecule has 0 amide bonds. The summed E-state index contributed by atoms with van der Waals surface area (Å²) in [6.45, 7) is -0.982. The van der Waals surface area contributed by atoms with Gasteiger partial charge in [-0.3, -0.25) is 4.98 Å². The summed E-state index contributed by atoms with van der Waals surface area (Å²) in [4.78, 5) is 4.10. The molecule has 0 saturated carbocycles. The standard InChI is InChI=1S/C10H12BF3N.K/c1-8(2)10-5-3-4-9(15-10)6-7-11(12,13)14;/h3-8H,1-2H3;/q-1;+1/b7-6+;. The van der Waals surface area contributed by atoms with E-state index in [1.54, 1.807) is 18.2 Å². The third-order valence-corrected chi connectivity index (χ3v) is 1.87. The van der Waals surface area contributed by atoms with E-state index in [0.717, 1.165) is 11.8 Å². The number of aromatic nitrogens is 1. The molecule has 6 heteroatoms. The van der Waals surface area contributed by atoms with E-state index >= 15 is 0 Å². The Morgan fingerprint density at radius 1 is 1.25 bits per heavy atom. The van der Waals surface area contributed by atoms with Crippen LogP contribution in [0.25, 0.3) is 6.08 Å². The summed E-state index contributed by atoms with van der Waals surface area (Å²) in [5.74, 6) is 0.474. The molecule has 82 valence electrons. The largest absolute Gasteiger partial charge is 1.00 e. The molecule has 1 rings (SSSR count). The maximum atomic E-state index is 11.9. The zero-order valence-electron chi connectivity index (χ0n) is 9.62. The molecule has 0 fully saturated rings. The molecule has 0 N–H and O–H groups in total. The summed E-state index contributed by atoms with van der Waals surface area (Å²) < 4.78 is 35.8. The number of hydrogen-bond donors (Lipinski definition) is 0. The maximum absolute atomic E-state index is 11.9. The van der Waals surface area contributed by atoms with Crippen molar-refractivity contribution < 1.29 is 64.3 Å². The molecular weight excluding hydrogens is 241 g/mol. The van der Waals surface area contributed by atoms with Crippen LogP contribution in [0.15, 0.2) is 24.2 Å². The minimum absolute atomic E-state index is 0. The van der Waals surface area contributed by atoms with E-state index in [2.05, 4.69) is 4.98 Å². The molecule has 1 aromatic heterocycles. The maximum Gasteiger partial charge on any atom is 1.00 e. The minimum atomic E-state index is -4.88. The molecule has 0 atom stereocenters. The molecule has 0 aliphatic heterocycles. The molecule has 1 heterocycles. The molecule has 0 spiro atoms. The average molecular weight is 253 g/mol. The summed E-state index contributed by atoms with van der Waals surface area (Å²) in [5.41, 5.74) is 1.15. The van der Waals surface area contributed by atoms with Crippen molar-refractivity contribution in [3.8, 4) is 0 Å². The molecule has 1 aromatic rings. The van der Waals surface area contributed by atoms with E-state index in [4.69, 9.17) is 0 Å². The Bertz CT molecular complexity index is 363. The van der Waals surface area contributed by atoms with E-state index in [0.29, 0.717) is 5.69 Å². The fourth-order valence-corrected chi connectivity index (χ4v) is 1.09. The van der Waals surface area contributed by atoms with Gasteiger partial charge in [0.2, 0.25) is 0 Å². The summed E-state index contributed by atoms with van der Waals surface area (Å²) in [6, 6.07) is 5.08. The molecule has 0 aromatic carbocycles. The van der Waals surface area contributed by atoms with Gasteiger partial charge in [0.15, 0.2) is 0 Å². The third-order valence-electron chi connectivity index (χ3n) is 1.87. The Hall–Kier alpha value is 0.381. The summed E-state index contributed by atoms with van der Waals surface area (Å²) in [5, 5.41) is 0. The normalized spacial score (nSPS) is 11.9. The van der Waals surface area contributed by atoms with Gasteiger partial charge in [-0.2, -0.15) is 0 Å². The van der Waals surface area contributed by atoms with Gasteiger partial charge >= 0.3 is 58.4 Å². The Labute approximate surface area is 136 Å². The van der Waals surface area contributed by atoms with Crippen LogP contribution in [-0.2, 0) is 0 Å². The van der Waals surface area contributed by atoms with Crippen molar-refractivity contribution in [2.45, 2.75) is 19.8 Å². The molecular formula is C10H12BF3KN. The molecule has 0 aliphatic rings. The van der Waals surface area contributed by atoms with Crippen LogP contribution in [0.2, 0.25) is 0 Å². The Kier molecular flexibility index (Phi) is 7.12. The van der Waals surface area contributed by atoms with Gasteiger partial charge < -0.3 is 12.9 Å². The van der Waals surface area contributed by atoms with Gasteiger partial charge in [-0.25, -0.2) is 0 Å². The van der Waals surface area contributed by atoms with Crippen LogP contribution in [-0.4, -0.2) is 12.0 Å². The first-order chi connectivity index (χ1) is 6.88. The van der Waals surface area contributed by atoms with Crippen molar-refractivity contribution in [2.75, 3.05) is 0 Å². The van der Waals surface area contributed by atoms with Gasteiger partial charge in [0.05, 0.1) is 5.69 Å². The Balaban J connectivity index is 0.00000225. The number of pyridine rings is 1. The van der Waals surface area contributed by atoms with Crippen molar-refractivity contribution in [3.63, 3.8) is 0 Å². The van der Waals surface area contributed by atoms with Crippen LogP contribution in [0.1, 0.15) is 31.2 Å². The van der Waals surface area contributed by atoms with Crippen molar-refractivity contribution in [2.24, 2.45) is 0 Å². The van der Waals surface area contributed by atoms with E-state index < -0.39 is 6.98 Å². The third kappa shape index (κ3) is 6.20. The first-order valence-electron chi connectivity index (χ1n) is 4.74. The van der Waals surface area contributed by atoms with Crippen LogP contribution in [0.4, 0.5) is 12.9 Å². The smallest absolute Gasteiger partial charge is 0.445 e.